The first-order chi connectivity index (χ1) is 11.1. The van der Waals surface area contributed by atoms with Gasteiger partial charge in [-0.15, -0.1) is 0 Å². The molecule has 1 unspecified atom stereocenters. The Morgan fingerprint density at radius 1 is 1.12 bits per heavy atom. The van der Waals surface area contributed by atoms with Gasteiger partial charge in [-0.05, 0) is 0 Å². The van der Waals surface area contributed by atoms with E-state index >= 15 is 0 Å². The number of hydrogen-bond donors (Lipinski definition) is 2. The maximum absolute atomic E-state index is 13.4. The van der Waals surface area contributed by atoms with Gasteiger partial charge < -0.3 is 15.4 Å². The van der Waals surface area contributed by atoms with Gasteiger partial charge in [0.2, 0.25) is 0 Å². The third kappa shape index (κ3) is 3.93. The van der Waals surface area contributed by atoms with E-state index in [1.807, 2.05) is 5.32 Å². The zero-order valence-corrected chi connectivity index (χ0v) is 12.0. The lowest BCUT2D eigenvalue weighted by atomic mass is 10.1. The van der Waals surface area contributed by atoms with Crippen molar-refractivity contribution >= 4 is 11.5 Å². The van der Waals surface area contributed by atoms with Crippen molar-refractivity contribution in [3.63, 3.8) is 0 Å². The summed E-state index contributed by atoms with van der Waals surface area (Å²) in [5.41, 5.74) is -0.0844. The van der Waals surface area contributed by atoms with Crippen LogP contribution in [0.1, 0.15) is 5.56 Å². The molecule has 2 heterocycles. The molecule has 0 saturated carbocycles. The SMILES string of the molecule is CN=C1C=C(c2cncnc2)NC(OCC(F)(F)F)(C(F)(F)F)N1. The molecular formula is C12H11F6N5O. The van der Waals surface area contributed by atoms with E-state index in [4.69, 9.17) is 0 Å². The van der Waals surface area contributed by atoms with Crippen LogP contribution in [0, 0.1) is 0 Å². The average molecular weight is 355 g/mol. The van der Waals surface area contributed by atoms with E-state index in [9.17, 15) is 26.3 Å². The lowest BCUT2D eigenvalue weighted by molar-refractivity contribution is -0.316. The fourth-order valence-corrected chi connectivity index (χ4v) is 1.81. The Labute approximate surface area is 131 Å². The minimum Gasteiger partial charge on any atom is -0.332 e. The summed E-state index contributed by atoms with van der Waals surface area (Å²) in [6.07, 6.45) is -5.49. The number of amidine groups is 1. The molecule has 0 saturated heterocycles. The minimum absolute atomic E-state index is 0.115. The molecular weight excluding hydrogens is 344 g/mol. The summed E-state index contributed by atoms with van der Waals surface area (Å²) in [6.45, 7) is -2.12. The number of rotatable bonds is 3. The molecule has 0 bridgehead atoms. The van der Waals surface area contributed by atoms with Gasteiger partial charge in [-0.25, -0.2) is 9.97 Å². The van der Waals surface area contributed by atoms with Crippen molar-refractivity contribution in [2.75, 3.05) is 13.7 Å². The van der Waals surface area contributed by atoms with Crippen LogP contribution in [0.25, 0.3) is 5.70 Å². The van der Waals surface area contributed by atoms with Crippen molar-refractivity contribution in [1.82, 2.24) is 20.6 Å². The van der Waals surface area contributed by atoms with E-state index in [0.29, 0.717) is 0 Å². The highest BCUT2D eigenvalue weighted by Crippen LogP contribution is 2.35. The van der Waals surface area contributed by atoms with E-state index in [1.54, 1.807) is 5.32 Å². The van der Waals surface area contributed by atoms with E-state index < -0.39 is 24.8 Å². The van der Waals surface area contributed by atoms with Crippen LogP contribution >= 0.6 is 0 Å². The van der Waals surface area contributed by atoms with Crippen molar-refractivity contribution in [3.05, 3.63) is 30.4 Å². The molecule has 132 valence electrons. The van der Waals surface area contributed by atoms with E-state index in [0.717, 1.165) is 6.33 Å². The second kappa shape index (κ2) is 6.26. The molecule has 2 rings (SSSR count). The third-order valence-electron chi connectivity index (χ3n) is 2.86. The number of alkyl halides is 6. The van der Waals surface area contributed by atoms with Gasteiger partial charge in [0.15, 0.2) is 0 Å². The Bertz CT molecular complexity index is 642. The van der Waals surface area contributed by atoms with Crippen LogP contribution in [0.5, 0.6) is 0 Å². The Morgan fingerprint density at radius 3 is 2.25 bits per heavy atom. The predicted molar refractivity (Wildman–Crippen MR) is 70.4 cm³/mol. The zero-order chi connectivity index (χ0) is 18.0. The molecule has 6 nitrogen and oxygen atoms in total. The number of nitrogens with one attached hydrogen (secondary N) is 2. The Hall–Kier alpha value is -2.37. The molecule has 1 aliphatic heterocycles. The Morgan fingerprint density at radius 2 is 1.75 bits per heavy atom. The van der Waals surface area contributed by atoms with Crippen LogP contribution < -0.4 is 10.6 Å². The van der Waals surface area contributed by atoms with Crippen LogP contribution in [0.2, 0.25) is 0 Å². The van der Waals surface area contributed by atoms with Gasteiger partial charge in [-0.1, -0.05) is 0 Å². The van der Waals surface area contributed by atoms with Gasteiger partial charge in [0, 0.05) is 31.1 Å². The maximum atomic E-state index is 13.4. The lowest BCUT2D eigenvalue weighted by Gasteiger charge is -2.41. The quantitative estimate of drug-likeness (QED) is 0.810. The molecule has 0 aromatic carbocycles. The molecule has 0 aliphatic carbocycles. The fraction of sp³-hybridized carbons (Fsp3) is 0.417. The molecule has 12 heteroatoms. The lowest BCUT2D eigenvalue weighted by Crippen LogP contribution is -2.70. The molecule has 0 spiro atoms. The summed E-state index contributed by atoms with van der Waals surface area (Å²) in [4.78, 5) is 10.9. The number of aliphatic imine (C=N–C) groups is 1. The van der Waals surface area contributed by atoms with Crippen LogP contribution in [-0.2, 0) is 4.74 Å². The largest absolute Gasteiger partial charge is 0.458 e. The third-order valence-corrected chi connectivity index (χ3v) is 2.86. The topological polar surface area (TPSA) is 71.4 Å². The summed E-state index contributed by atoms with van der Waals surface area (Å²) in [6, 6.07) is 0. The van der Waals surface area contributed by atoms with Gasteiger partial charge >= 0.3 is 18.2 Å². The van der Waals surface area contributed by atoms with Crippen LogP contribution in [-0.4, -0.2) is 47.7 Å². The predicted octanol–water partition coefficient (Wildman–Crippen LogP) is 1.83. The van der Waals surface area contributed by atoms with Crippen molar-refractivity contribution in [1.29, 1.82) is 0 Å². The van der Waals surface area contributed by atoms with Gasteiger partial charge in [-0.3, -0.25) is 4.99 Å². The fourth-order valence-electron chi connectivity index (χ4n) is 1.81. The van der Waals surface area contributed by atoms with Gasteiger partial charge in [0.1, 0.15) is 18.8 Å². The van der Waals surface area contributed by atoms with E-state index in [1.165, 1.54) is 25.5 Å². The maximum Gasteiger partial charge on any atom is 0.458 e. The monoisotopic (exact) mass is 355 g/mol. The van der Waals surface area contributed by atoms with Crippen molar-refractivity contribution in [3.8, 4) is 0 Å². The van der Waals surface area contributed by atoms with Crippen LogP contribution in [0.15, 0.2) is 29.8 Å². The molecule has 0 radical (unpaired) electrons. The van der Waals surface area contributed by atoms with Gasteiger partial charge in [0.05, 0.1) is 5.70 Å². The van der Waals surface area contributed by atoms with Crippen molar-refractivity contribution in [2.45, 2.75) is 18.2 Å². The van der Waals surface area contributed by atoms with Gasteiger partial charge in [-0.2, -0.15) is 26.3 Å². The smallest absolute Gasteiger partial charge is 0.332 e. The average Bonchev–Trinajstić information content (AvgIpc) is 2.51. The second-order valence-corrected chi connectivity index (χ2v) is 4.63. The van der Waals surface area contributed by atoms with Gasteiger partial charge in [0.25, 0.3) is 0 Å². The van der Waals surface area contributed by atoms with Crippen LogP contribution in [0.3, 0.4) is 0 Å². The zero-order valence-electron chi connectivity index (χ0n) is 12.0. The molecule has 0 amide bonds. The number of ether oxygens (including phenoxy) is 1. The molecule has 1 atom stereocenters. The molecule has 2 N–H and O–H groups in total. The van der Waals surface area contributed by atoms with E-state index in [2.05, 4.69) is 19.7 Å². The molecule has 1 aromatic heterocycles. The number of nitrogens with zero attached hydrogens (tertiary/aromatic N) is 3. The highest BCUT2D eigenvalue weighted by atomic mass is 19.4. The van der Waals surface area contributed by atoms with Crippen LogP contribution in [0.4, 0.5) is 26.3 Å². The Balaban J connectivity index is 2.43. The normalized spacial score (nSPS) is 23.5. The Kier molecular flexibility index (Phi) is 4.69. The first-order valence-electron chi connectivity index (χ1n) is 6.34. The number of halogens is 6. The molecule has 24 heavy (non-hydrogen) atoms. The second-order valence-electron chi connectivity index (χ2n) is 4.63. The van der Waals surface area contributed by atoms with Crippen molar-refractivity contribution in [2.24, 2.45) is 4.99 Å². The summed E-state index contributed by atoms with van der Waals surface area (Å²) >= 11 is 0. The number of hydrogen-bond acceptors (Lipinski definition) is 5. The number of aromatic nitrogens is 2. The first-order valence-corrected chi connectivity index (χ1v) is 6.34. The highest BCUT2D eigenvalue weighted by Gasteiger charge is 2.60. The van der Waals surface area contributed by atoms with E-state index in [-0.39, 0.29) is 17.1 Å². The summed E-state index contributed by atoms with van der Waals surface area (Å²) in [5, 5.41) is 3.71. The van der Waals surface area contributed by atoms with Crippen molar-refractivity contribution < 1.29 is 31.1 Å². The molecule has 1 aliphatic rings. The summed E-state index contributed by atoms with van der Waals surface area (Å²) in [5.74, 6) is -3.83. The molecule has 0 fully saturated rings. The standard InChI is InChI=1S/C12H11F6N5O/c1-19-9-2-8(7-3-20-6-21-4-7)22-12(23-9,11(16,17)18)24-5-10(13,14)15/h2-4,6,22H,5H2,1H3,(H,19,23). The highest BCUT2D eigenvalue weighted by molar-refractivity contribution is 6.00. The summed E-state index contributed by atoms with van der Waals surface area (Å²) < 4.78 is 81.5. The first kappa shape index (κ1) is 18.0. The molecule has 1 aromatic rings. The summed E-state index contributed by atoms with van der Waals surface area (Å²) in [7, 11) is 1.17. The minimum atomic E-state index is -5.23.